The van der Waals surface area contributed by atoms with Gasteiger partial charge in [-0.25, -0.2) is 0 Å². The van der Waals surface area contributed by atoms with Crippen LogP contribution in [0.2, 0.25) is 0 Å². The Bertz CT molecular complexity index is 64.6. The second-order valence-corrected chi connectivity index (χ2v) is 1.12. The van der Waals surface area contributed by atoms with Crippen molar-refractivity contribution in [1.29, 1.82) is 0 Å². The average Bonchev–Trinajstić information content (AvgIpc) is 1.69. The molecule has 0 radical (unpaired) electrons. The van der Waals surface area contributed by atoms with Crippen LogP contribution in [0.5, 0.6) is 0 Å². The van der Waals surface area contributed by atoms with Crippen LogP contribution < -0.4 is 0 Å². The van der Waals surface area contributed by atoms with Crippen molar-refractivity contribution in [2.24, 2.45) is 0 Å². The summed E-state index contributed by atoms with van der Waals surface area (Å²) in [4.78, 5) is 0. The minimum atomic E-state index is 0.673. The molecule has 1 heteroatoms. The van der Waals surface area contributed by atoms with Crippen LogP contribution in [0, 0.1) is 0 Å². The molecule has 7 heavy (non-hydrogen) atoms. The Morgan fingerprint density at radius 1 is 1.71 bits per heavy atom. The van der Waals surface area contributed by atoms with Crippen LogP contribution >= 0.6 is 0 Å². The largest absolute Gasteiger partial charge is 0.381 e. The highest BCUT2D eigenvalue weighted by Gasteiger charge is 1.63. The number of methoxy groups -OCH3 is 1. The zero-order valence-electron chi connectivity index (χ0n) is 4.55. The maximum absolute atomic E-state index is 4.71. The highest BCUT2D eigenvalue weighted by atomic mass is 16.5. The fourth-order valence-electron chi connectivity index (χ4n) is 0.248. The predicted octanol–water partition coefficient (Wildman–Crippen LogP) is 1.37. The Kier molecular flexibility index (Phi) is 5.00. The summed E-state index contributed by atoms with van der Waals surface area (Å²) in [5, 5.41) is 0. The zero-order chi connectivity index (χ0) is 5.54. The molecular weight excluding hydrogens is 88.1 g/mol. The number of hydrogen-bond donors (Lipinski definition) is 0. The van der Waals surface area contributed by atoms with Crippen molar-refractivity contribution in [2.45, 2.75) is 0 Å². The minimum absolute atomic E-state index is 0.673. The van der Waals surface area contributed by atoms with E-state index >= 15 is 0 Å². The van der Waals surface area contributed by atoms with Crippen molar-refractivity contribution in [3.8, 4) is 0 Å². The Morgan fingerprint density at radius 2 is 2.43 bits per heavy atom. The molecule has 0 saturated carbocycles. The maximum atomic E-state index is 4.71. The Hall–Kier alpha value is -0.560. The van der Waals surface area contributed by atoms with E-state index in [1.807, 2.05) is 12.2 Å². The SMILES string of the molecule is C=C/C=C\COC. The number of allylic oxidation sites excluding steroid dienone is 2. The first-order valence-electron chi connectivity index (χ1n) is 2.18. The van der Waals surface area contributed by atoms with Crippen molar-refractivity contribution in [1.82, 2.24) is 0 Å². The molecule has 0 saturated heterocycles. The van der Waals surface area contributed by atoms with E-state index in [9.17, 15) is 0 Å². The molecule has 0 unspecified atom stereocenters. The van der Waals surface area contributed by atoms with Gasteiger partial charge in [0.1, 0.15) is 0 Å². The van der Waals surface area contributed by atoms with Gasteiger partial charge in [0.2, 0.25) is 0 Å². The minimum Gasteiger partial charge on any atom is -0.381 e. The summed E-state index contributed by atoms with van der Waals surface area (Å²) in [7, 11) is 1.66. The van der Waals surface area contributed by atoms with E-state index in [1.165, 1.54) is 0 Å². The number of rotatable bonds is 3. The van der Waals surface area contributed by atoms with Gasteiger partial charge in [-0.15, -0.1) is 0 Å². The van der Waals surface area contributed by atoms with Gasteiger partial charge in [0.15, 0.2) is 0 Å². The summed E-state index contributed by atoms with van der Waals surface area (Å²) in [6.45, 7) is 4.16. The topological polar surface area (TPSA) is 9.23 Å². The molecule has 0 N–H and O–H groups in total. The molecule has 0 aromatic heterocycles. The fourth-order valence-corrected chi connectivity index (χ4v) is 0.248. The molecule has 0 aliphatic carbocycles. The molecule has 0 aliphatic rings. The fraction of sp³-hybridized carbons (Fsp3) is 0.333. The Morgan fingerprint density at radius 3 is 2.86 bits per heavy atom. The van der Waals surface area contributed by atoms with E-state index in [-0.39, 0.29) is 0 Å². The molecule has 0 atom stereocenters. The molecule has 0 rings (SSSR count). The van der Waals surface area contributed by atoms with Crippen molar-refractivity contribution in [3.63, 3.8) is 0 Å². The van der Waals surface area contributed by atoms with Crippen LogP contribution in [0.3, 0.4) is 0 Å². The summed E-state index contributed by atoms with van der Waals surface area (Å²) in [6.07, 6.45) is 5.47. The summed E-state index contributed by atoms with van der Waals surface area (Å²) in [5.74, 6) is 0. The monoisotopic (exact) mass is 98.1 g/mol. The lowest BCUT2D eigenvalue weighted by Gasteiger charge is -1.82. The molecule has 0 bridgehead atoms. The third kappa shape index (κ3) is 5.44. The second-order valence-electron chi connectivity index (χ2n) is 1.12. The summed E-state index contributed by atoms with van der Waals surface area (Å²) < 4.78 is 4.71. The molecule has 0 heterocycles. The summed E-state index contributed by atoms with van der Waals surface area (Å²) >= 11 is 0. The van der Waals surface area contributed by atoms with E-state index in [0.717, 1.165) is 0 Å². The molecule has 0 aromatic carbocycles. The molecule has 0 amide bonds. The van der Waals surface area contributed by atoms with Crippen LogP contribution in [0.25, 0.3) is 0 Å². The quantitative estimate of drug-likeness (QED) is 0.484. The van der Waals surface area contributed by atoms with Gasteiger partial charge in [-0.2, -0.15) is 0 Å². The van der Waals surface area contributed by atoms with E-state index in [0.29, 0.717) is 6.61 Å². The van der Waals surface area contributed by atoms with Gasteiger partial charge in [0.25, 0.3) is 0 Å². The van der Waals surface area contributed by atoms with Crippen LogP contribution in [0.1, 0.15) is 0 Å². The van der Waals surface area contributed by atoms with Crippen LogP contribution in [0.4, 0.5) is 0 Å². The zero-order valence-corrected chi connectivity index (χ0v) is 4.55. The van der Waals surface area contributed by atoms with Gasteiger partial charge < -0.3 is 4.74 Å². The molecule has 0 aliphatic heterocycles. The highest BCUT2D eigenvalue weighted by Crippen LogP contribution is 1.72. The average molecular weight is 98.1 g/mol. The van der Waals surface area contributed by atoms with Gasteiger partial charge in [0, 0.05) is 7.11 Å². The first-order chi connectivity index (χ1) is 3.41. The molecule has 0 fully saturated rings. The van der Waals surface area contributed by atoms with E-state index in [4.69, 9.17) is 4.74 Å². The van der Waals surface area contributed by atoms with Gasteiger partial charge in [-0.05, 0) is 0 Å². The van der Waals surface area contributed by atoms with Gasteiger partial charge in [-0.3, -0.25) is 0 Å². The first kappa shape index (κ1) is 6.44. The lowest BCUT2D eigenvalue weighted by molar-refractivity contribution is 0.234. The molecule has 0 spiro atoms. The first-order valence-corrected chi connectivity index (χ1v) is 2.18. The lowest BCUT2D eigenvalue weighted by Crippen LogP contribution is -1.78. The van der Waals surface area contributed by atoms with E-state index < -0.39 is 0 Å². The van der Waals surface area contributed by atoms with Crippen LogP contribution in [0.15, 0.2) is 24.8 Å². The van der Waals surface area contributed by atoms with Crippen LogP contribution in [-0.2, 0) is 4.74 Å². The predicted molar refractivity (Wildman–Crippen MR) is 31.2 cm³/mol. The normalized spacial score (nSPS) is 9.86. The van der Waals surface area contributed by atoms with Gasteiger partial charge in [-0.1, -0.05) is 24.8 Å². The van der Waals surface area contributed by atoms with E-state index in [1.54, 1.807) is 13.2 Å². The maximum Gasteiger partial charge on any atom is 0.0646 e. The molecule has 40 valence electrons. The van der Waals surface area contributed by atoms with Gasteiger partial charge >= 0.3 is 0 Å². The third-order valence-corrected chi connectivity index (χ3v) is 0.535. The summed E-state index contributed by atoms with van der Waals surface area (Å²) in [6, 6.07) is 0. The Labute approximate surface area is 44.3 Å². The molecule has 1 nitrogen and oxygen atoms in total. The smallest absolute Gasteiger partial charge is 0.0646 e. The molecule has 0 aromatic rings. The number of hydrogen-bond acceptors (Lipinski definition) is 1. The van der Waals surface area contributed by atoms with Crippen molar-refractivity contribution in [3.05, 3.63) is 24.8 Å². The van der Waals surface area contributed by atoms with Crippen molar-refractivity contribution >= 4 is 0 Å². The third-order valence-electron chi connectivity index (χ3n) is 0.535. The number of ether oxygens (including phenoxy) is 1. The van der Waals surface area contributed by atoms with Crippen molar-refractivity contribution in [2.75, 3.05) is 13.7 Å². The van der Waals surface area contributed by atoms with Gasteiger partial charge in [0.05, 0.1) is 6.61 Å². The van der Waals surface area contributed by atoms with Crippen LogP contribution in [-0.4, -0.2) is 13.7 Å². The summed E-state index contributed by atoms with van der Waals surface area (Å²) in [5.41, 5.74) is 0. The standard InChI is InChI=1S/C6H10O/c1-3-4-5-6-7-2/h3-5H,1,6H2,2H3/b5-4-. The highest BCUT2D eigenvalue weighted by molar-refractivity contribution is 4.96. The Balaban J connectivity index is 2.92. The lowest BCUT2D eigenvalue weighted by atomic mass is 10.5. The van der Waals surface area contributed by atoms with E-state index in [2.05, 4.69) is 6.58 Å². The second kappa shape index (κ2) is 5.44. The molecular formula is C6H10O. The van der Waals surface area contributed by atoms with Crippen molar-refractivity contribution < 1.29 is 4.74 Å².